The molecule has 11 heteroatoms. The first kappa shape index (κ1) is 32.2. The molecule has 1 fully saturated rings. The van der Waals surface area contributed by atoms with E-state index in [9.17, 15) is 24.3 Å². The van der Waals surface area contributed by atoms with Crippen LogP contribution in [-0.4, -0.2) is 60.0 Å². The fraction of sp³-hybridized carbons (Fsp3) is 0.467. The van der Waals surface area contributed by atoms with E-state index in [1.54, 1.807) is 12.1 Å². The van der Waals surface area contributed by atoms with Crippen LogP contribution < -0.4 is 0 Å². The number of esters is 4. The number of hydrogen-bond acceptors (Lipinski definition) is 10. The molecule has 1 aliphatic heterocycles. The fourth-order valence-corrected chi connectivity index (χ4v) is 5.53. The molecule has 0 aromatic heterocycles. The average molecular weight is 636 g/mol. The molecule has 41 heavy (non-hydrogen) atoms. The van der Waals surface area contributed by atoms with E-state index in [2.05, 4.69) is 35.0 Å². The van der Waals surface area contributed by atoms with Crippen molar-refractivity contribution in [2.45, 2.75) is 84.6 Å². The topological polar surface area (TPSA) is 135 Å². The third kappa shape index (κ3) is 7.93. The van der Waals surface area contributed by atoms with E-state index in [4.69, 9.17) is 23.7 Å². The third-order valence-corrected chi connectivity index (χ3v) is 7.35. The Kier molecular flexibility index (Phi) is 10.7. The van der Waals surface area contributed by atoms with Crippen LogP contribution in [0, 0.1) is 6.92 Å². The van der Waals surface area contributed by atoms with Crippen molar-refractivity contribution in [3.8, 4) is 0 Å². The number of carbonyl (C=O) groups excluding carboxylic acids is 4. The summed E-state index contributed by atoms with van der Waals surface area (Å²) in [5.74, 6) is -5.45. The van der Waals surface area contributed by atoms with Gasteiger partial charge in [0.15, 0.2) is 12.2 Å². The van der Waals surface area contributed by atoms with Crippen LogP contribution in [0.5, 0.6) is 0 Å². The number of benzene rings is 2. The summed E-state index contributed by atoms with van der Waals surface area (Å²) in [7, 11) is 0. The van der Waals surface area contributed by atoms with Gasteiger partial charge in [-0.1, -0.05) is 47.1 Å². The summed E-state index contributed by atoms with van der Waals surface area (Å²) in [4.78, 5) is 48.1. The van der Waals surface area contributed by atoms with Crippen LogP contribution in [0.25, 0.3) is 0 Å². The first-order valence-corrected chi connectivity index (χ1v) is 14.0. The maximum atomic E-state index is 12.3. The van der Waals surface area contributed by atoms with E-state index >= 15 is 0 Å². The summed E-state index contributed by atoms with van der Waals surface area (Å²) in [6.45, 7) is 8.08. The van der Waals surface area contributed by atoms with E-state index in [-0.39, 0.29) is 5.56 Å². The zero-order chi connectivity index (χ0) is 30.5. The van der Waals surface area contributed by atoms with Gasteiger partial charge in [0.25, 0.3) is 0 Å². The second-order valence-corrected chi connectivity index (χ2v) is 10.8. The normalized spacial score (nSPS) is 23.8. The van der Waals surface area contributed by atoms with Gasteiger partial charge in [0.2, 0.25) is 11.9 Å². The molecule has 10 nitrogen and oxygen atoms in total. The monoisotopic (exact) mass is 634 g/mol. The predicted molar refractivity (Wildman–Crippen MR) is 150 cm³/mol. The Hall–Kier alpha value is -3.28. The molecule has 0 radical (unpaired) electrons. The van der Waals surface area contributed by atoms with Crippen molar-refractivity contribution in [3.63, 3.8) is 0 Å². The molecule has 1 aliphatic rings. The van der Waals surface area contributed by atoms with Crippen LogP contribution in [0.2, 0.25) is 0 Å². The number of rotatable bonds is 9. The average Bonchev–Trinajstić information content (AvgIpc) is 2.88. The van der Waals surface area contributed by atoms with Gasteiger partial charge < -0.3 is 28.8 Å². The molecule has 1 saturated heterocycles. The van der Waals surface area contributed by atoms with Crippen LogP contribution in [0.4, 0.5) is 0 Å². The highest BCUT2D eigenvalue weighted by Gasteiger charge is 2.61. The molecular weight excluding hydrogens is 600 g/mol. The lowest BCUT2D eigenvalue weighted by atomic mass is 9.85. The molecule has 0 amide bonds. The second-order valence-electron chi connectivity index (χ2n) is 9.94. The van der Waals surface area contributed by atoms with E-state index in [0.29, 0.717) is 10.9 Å². The molecule has 2 aromatic carbocycles. The SMILES string of the molecule is CCc1ccc(Cc2cc([C@]3(O)O[C@H](COC(C)=O)[C@@H](OC(C)=O)[C@H](OC(C)=O)[C@H]3OC(C)=O)c(Br)cc2C)cc1. The summed E-state index contributed by atoms with van der Waals surface area (Å²) < 4.78 is 28.1. The maximum absolute atomic E-state index is 12.3. The molecule has 0 aliphatic carbocycles. The molecule has 1 N–H and O–H groups in total. The van der Waals surface area contributed by atoms with Crippen LogP contribution in [0.1, 0.15) is 62.4 Å². The van der Waals surface area contributed by atoms with Crippen molar-refractivity contribution in [1.82, 2.24) is 0 Å². The standard InChI is InChI=1S/C30H35BrO10/c1-7-21-8-10-22(11-9-21)13-23-14-24(25(31)12-16(23)2)30(36)29(40-20(6)35)28(39-19(5)34)27(38-18(4)33)26(41-30)15-37-17(3)32/h8-12,14,26-29,36H,7,13,15H2,1-6H3/t26-,27-,28+,29-,30+/m1/s1. The van der Waals surface area contributed by atoms with Crippen LogP contribution >= 0.6 is 15.9 Å². The highest BCUT2D eigenvalue weighted by atomic mass is 79.9. The first-order chi connectivity index (χ1) is 19.2. The summed E-state index contributed by atoms with van der Waals surface area (Å²) in [6.07, 6.45) is -4.44. The Labute approximate surface area is 247 Å². The van der Waals surface area contributed by atoms with Gasteiger partial charge in [-0.15, -0.1) is 0 Å². The van der Waals surface area contributed by atoms with Gasteiger partial charge in [-0.25, -0.2) is 0 Å². The predicted octanol–water partition coefficient (Wildman–Crippen LogP) is 3.81. The second kappa shape index (κ2) is 13.6. The molecule has 2 aromatic rings. The summed E-state index contributed by atoms with van der Waals surface area (Å²) in [6, 6.07) is 11.7. The number of carbonyl (C=O) groups is 4. The Morgan fingerprint density at radius 3 is 1.98 bits per heavy atom. The fourth-order valence-electron chi connectivity index (χ4n) is 4.79. The van der Waals surface area contributed by atoms with Gasteiger partial charge in [0.05, 0.1) is 0 Å². The first-order valence-electron chi connectivity index (χ1n) is 13.2. The maximum Gasteiger partial charge on any atom is 0.303 e. The molecule has 0 saturated carbocycles. The van der Waals surface area contributed by atoms with E-state index < -0.39 is 60.7 Å². The van der Waals surface area contributed by atoms with Gasteiger partial charge >= 0.3 is 23.9 Å². The smallest absolute Gasteiger partial charge is 0.303 e. The van der Waals surface area contributed by atoms with Crippen LogP contribution in [0.15, 0.2) is 40.9 Å². The van der Waals surface area contributed by atoms with Gasteiger partial charge in [-0.2, -0.15) is 0 Å². The Balaban J connectivity index is 2.18. The molecular formula is C30H35BrO10. The largest absolute Gasteiger partial charge is 0.463 e. The third-order valence-electron chi connectivity index (χ3n) is 6.69. The molecule has 222 valence electrons. The van der Waals surface area contributed by atoms with Gasteiger partial charge in [-0.3, -0.25) is 19.2 Å². The zero-order valence-electron chi connectivity index (χ0n) is 23.9. The molecule has 0 bridgehead atoms. The highest BCUT2D eigenvalue weighted by Crippen LogP contribution is 2.44. The Morgan fingerprint density at radius 2 is 1.44 bits per heavy atom. The summed E-state index contributed by atoms with van der Waals surface area (Å²) in [5.41, 5.74) is 4.16. The molecule has 1 heterocycles. The number of aliphatic hydroxyl groups is 1. The summed E-state index contributed by atoms with van der Waals surface area (Å²) in [5, 5.41) is 12.3. The van der Waals surface area contributed by atoms with Crippen molar-refractivity contribution in [2.24, 2.45) is 0 Å². The Morgan fingerprint density at radius 1 is 0.878 bits per heavy atom. The molecule has 0 spiro atoms. The van der Waals surface area contributed by atoms with Crippen molar-refractivity contribution in [3.05, 3.63) is 68.7 Å². The zero-order valence-corrected chi connectivity index (χ0v) is 25.5. The van der Waals surface area contributed by atoms with Gasteiger partial charge in [0.1, 0.15) is 12.7 Å². The number of hydrogen-bond donors (Lipinski definition) is 1. The van der Waals surface area contributed by atoms with E-state index in [1.807, 2.05) is 19.1 Å². The minimum absolute atomic E-state index is 0.167. The highest BCUT2D eigenvalue weighted by molar-refractivity contribution is 9.10. The molecule has 5 atom stereocenters. The lowest BCUT2D eigenvalue weighted by Crippen LogP contribution is -2.66. The number of aryl methyl sites for hydroxylation is 2. The van der Waals surface area contributed by atoms with Crippen molar-refractivity contribution in [2.75, 3.05) is 6.61 Å². The number of halogens is 1. The molecule has 0 unspecified atom stereocenters. The van der Waals surface area contributed by atoms with Crippen molar-refractivity contribution in [1.29, 1.82) is 0 Å². The van der Waals surface area contributed by atoms with E-state index in [1.165, 1.54) is 12.5 Å². The van der Waals surface area contributed by atoms with Crippen LogP contribution in [-0.2, 0) is 61.5 Å². The van der Waals surface area contributed by atoms with Gasteiger partial charge in [0, 0.05) is 37.7 Å². The minimum Gasteiger partial charge on any atom is -0.463 e. The lowest BCUT2D eigenvalue weighted by Gasteiger charge is -2.49. The number of ether oxygens (including phenoxy) is 5. The van der Waals surface area contributed by atoms with Crippen LogP contribution in [0.3, 0.4) is 0 Å². The summed E-state index contributed by atoms with van der Waals surface area (Å²) >= 11 is 3.50. The lowest BCUT2D eigenvalue weighted by molar-refractivity contribution is -0.360. The van der Waals surface area contributed by atoms with Gasteiger partial charge in [-0.05, 0) is 54.2 Å². The quantitative estimate of drug-likeness (QED) is 0.320. The Bertz CT molecular complexity index is 1290. The van der Waals surface area contributed by atoms with E-state index in [0.717, 1.165) is 43.9 Å². The minimum atomic E-state index is -2.43. The van der Waals surface area contributed by atoms with Crippen molar-refractivity contribution < 1.29 is 48.0 Å². The molecule has 3 rings (SSSR count). The van der Waals surface area contributed by atoms with Crippen molar-refractivity contribution >= 4 is 39.8 Å².